The third-order valence-electron chi connectivity index (χ3n) is 1.23. The Morgan fingerprint density at radius 1 is 1.31 bits per heavy atom. The van der Waals surface area contributed by atoms with E-state index in [1.165, 1.54) is 21.3 Å². The number of carbonyl (C=O) groups is 1. The first-order chi connectivity index (χ1) is 5.71. The van der Waals surface area contributed by atoms with Gasteiger partial charge in [0, 0.05) is 14.2 Å². The van der Waals surface area contributed by atoms with Crippen LogP contribution in [-0.4, -0.2) is 33.6 Å². The summed E-state index contributed by atoms with van der Waals surface area (Å²) in [6.45, 7) is 0. The number of esters is 1. The van der Waals surface area contributed by atoms with Gasteiger partial charge in [-0.1, -0.05) is 0 Å². The first-order valence-electron chi connectivity index (χ1n) is 3.17. The van der Waals surface area contributed by atoms with E-state index < -0.39 is 12.3 Å². The summed E-state index contributed by atoms with van der Waals surface area (Å²) < 4.78 is 13.7. The average Bonchev–Trinajstić information content (AvgIpc) is 2.12. The van der Waals surface area contributed by atoms with Gasteiger partial charge in [0.15, 0.2) is 6.29 Å². The number of rotatable bonds is 4. The number of carbonyl (C=O) groups excluding carboxylic acids is 1. The minimum Gasteiger partial charge on any atom is -0.877 e. The summed E-state index contributed by atoms with van der Waals surface area (Å²) in [5.41, 5.74) is -0.192. The Bertz CT molecular complexity index is 176. The molecule has 6 heteroatoms. The smallest absolute Gasteiger partial charge is 0.877 e. The van der Waals surface area contributed by atoms with Crippen LogP contribution >= 0.6 is 0 Å². The molecule has 0 atom stereocenters. The number of ether oxygens (including phenoxy) is 3. The zero-order valence-corrected chi connectivity index (χ0v) is 10.2. The average molecular weight is 198 g/mol. The summed E-state index contributed by atoms with van der Waals surface area (Å²) in [7, 11) is 3.81. The second-order valence-corrected chi connectivity index (χ2v) is 1.87. The standard InChI is InChI=1S/C7H12O5.Na/c1-10-6(9)5(4-8)7(11-2)12-3;/h4,7-8H,1-3H3;/q;+1/p-1/b5-4+;. The van der Waals surface area contributed by atoms with Gasteiger partial charge in [0.05, 0.1) is 12.7 Å². The molecule has 0 radical (unpaired) electrons. The van der Waals surface area contributed by atoms with Gasteiger partial charge in [-0.3, -0.25) is 0 Å². The third kappa shape index (κ3) is 4.64. The van der Waals surface area contributed by atoms with Crippen molar-refractivity contribution in [2.45, 2.75) is 6.29 Å². The SMILES string of the molecule is COC(=O)/C(=C\[O-])C(OC)OC.[Na+]. The maximum atomic E-state index is 10.9. The number of methoxy groups -OCH3 is 3. The largest absolute Gasteiger partial charge is 1.00 e. The van der Waals surface area contributed by atoms with Crippen LogP contribution in [0.1, 0.15) is 0 Å². The Hall–Kier alpha value is -0.0700. The topological polar surface area (TPSA) is 67.8 Å². The fourth-order valence-corrected chi connectivity index (χ4v) is 0.668. The van der Waals surface area contributed by atoms with Crippen LogP contribution in [0.3, 0.4) is 0 Å². The monoisotopic (exact) mass is 198 g/mol. The van der Waals surface area contributed by atoms with Crippen molar-refractivity contribution in [3.8, 4) is 0 Å². The fraction of sp³-hybridized carbons (Fsp3) is 0.571. The predicted molar refractivity (Wildman–Crippen MR) is 37.9 cm³/mol. The van der Waals surface area contributed by atoms with Gasteiger partial charge in [-0.2, -0.15) is 0 Å². The molecule has 0 fully saturated rings. The fourth-order valence-electron chi connectivity index (χ4n) is 0.668. The summed E-state index contributed by atoms with van der Waals surface area (Å²) in [4.78, 5) is 10.9. The van der Waals surface area contributed by atoms with Crippen molar-refractivity contribution in [3.63, 3.8) is 0 Å². The van der Waals surface area contributed by atoms with Crippen molar-refractivity contribution in [1.29, 1.82) is 0 Å². The van der Waals surface area contributed by atoms with Gasteiger partial charge in [0.2, 0.25) is 0 Å². The molecule has 0 aromatic heterocycles. The molecule has 0 N–H and O–H groups in total. The second kappa shape index (κ2) is 8.52. The van der Waals surface area contributed by atoms with Crippen molar-refractivity contribution in [2.24, 2.45) is 0 Å². The normalized spacial score (nSPS) is 10.9. The van der Waals surface area contributed by atoms with Crippen LogP contribution < -0.4 is 34.7 Å². The van der Waals surface area contributed by atoms with Crippen molar-refractivity contribution in [3.05, 3.63) is 11.8 Å². The minimum absolute atomic E-state index is 0. The summed E-state index contributed by atoms with van der Waals surface area (Å²) in [6, 6.07) is 0. The molecule has 0 spiro atoms. The maximum Gasteiger partial charge on any atom is 1.00 e. The molecule has 0 unspecified atom stereocenters. The molecule has 0 saturated carbocycles. The Morgan fingerprint density at radius 3 is 2.00 bits per heavy atom. The Morgan fingerprint density at radius 2 is 1.77 bits per heavy atom. The van der Waals surface area contributed by atoms with Gasteiger partial charge in [-0.15, -0.1) is 6.26 Å². The molecule has 0 aromatic rings. The van der Waals surface area contributed by atoms with E-state index in [4.69, 9.17) is 0 Å². The molecule has 0 bridgehead atoms. The molecule has 0 aromatic carbocycles. The van der Waals surface area contributed by atoms with Gasteiger partial charge < -0.3 is 19.3 Å². The van der Waals surface area contributed by atoms with Crippen LogP contribution in [0.2, 0.25) is 0 Å². The van der Waals surface area contributed by atoms with Crippen molar-refractivity contribution in [2.75, 3.05) is 21.3 Å². The molecule has 13 heavy (non-hydrogen) atoms. The van der Waals surface area contributed by atoms with E-state index in [0.29, 0.717) is 6.26 Å². The molecule has 0 saturated heterocycles. The molecule has 0 aliphatic heterocycles. The zero-order valence-electron chi connectivity index (χ0n) is 8.20. The van der Waals surface area contributed by atoms with Crippen molar-refractivity contribution in [1.82, 2.24) is 0 Å². The first kappa shape index (κ1) is 15.4. The maximum absolute atomic E-state index is 10.9. The predicted octanol–water partition coefficient (Wildman–Crippen LogP) is -3.97. The van der Waals surface area contributed by atoms with Crippen LogP contribution in [0, 0.1) is 0 Å². The summed E-state index contributed by atoms with van der Waals surface area (Å²) >= 11 is 0. The molecule has 5 nitrogen and oxygen atoms in total. The van der Waals surface area contributed by atoms with Crippen LogP contribution in [0.5, 0.6) is 0 Å². The molecule has 0 amide bonds. The summed E-state index contributed by atoms with van der Waals surface area (Å²) in [5.74, 6) is -0.751. The van der Waals surface area contributed by atoms with Gasteiger partial charge in [-0.25, -0.2) is 4.79 Å². The van der Waals surface area contributed by atoms with Crippen LogP contribution in [0.15, 0.2) is 11.8 Å². The minimum atomic E-state index is -0.963. The second-order valence-electron chi connectivity index (χ2n) is 1.87. The van der Waals surface area contributed by atoms with E-state index in [2.05, 4.69) is 14.2 Å². The summed E-state index contributed by atoms with van der Waals surface area (Å²) in [6.07, 6.45) is -0.612. The summed E-state index contributed by atoms with van der Waals surface area (Å²) in [5, 5.41) is 10.4. The molecule has 0 aliphatic rings. The first-order valence-corrected chi connectivity index (χ1v) is 3.17. The van der Waals surface area contributed by atoms with Crippen LogP contribution in [0.4, 0.5) is 0 Å². The Kier molecular flexibility index (Phi) is 10.1. The van der Waals surface area contributed by atoms with Gasteiger partial charge in [-0.05, 0) is 0 Å². The Balaban J connectivity index is 0. The zero-order chi connectivity index (χ0) is 9.56. The van der Waals surface area contributed by atoms with E-state index in [1.54, 1.807) is 0 Å². The quantitative estimate of drug-likeness (QED) is 0.151. The van der Waals surface area contributed by atoms with Crippen molar-refractivity contribution < 1.29 is 53.7 Å². The van der Waals surface area contributed by atoms with Gasteiger partial charge in [0.25, 0.3) is 0 Å². The molecular formula is C7H11NaO5. The van der Waals surface area contributed by atoms with Crippen LogP contribution in [0.25, 0.3) is 0 Å². The van der Waals surface area contributed by atoms with Gasteiger partial charge in [0.1, 0.15) is 0 Å². The van der Waals surface area contributed by atoms with E-state index in [-0.39, 0.29) is 35.1 Å². The Labute approximate surface area is 98.9 Å². The third-order valence-corrected chi connectivity index (χ3v) is 1.23. The van der Waals surface area contributed by atoms with E-state index >= 15 is 0 Å². The number of hydrogen-bond donors (Lipinski definition) is 0. The van der Waals surface area contributed by atoms with E-state index in [1.807, 2.05) is 0 Å². The van der Waals surface area contributed by atoms with Gasteiger partial charge >= 0.3 is 35.5 Å². The molecule has 0 rings (SSSR count). The molecule has 0 heterocycles. The van der Waals surface area contributed by atoms with E-state index in [9.17, 15) is 9.90 Å². The molecular weight excluding hydrogens is 187 g/mol. The van der Waals surface area contributed by atoms with Crippen LogP contribution in [-0.2, 0) is 19.0 Å². The van der Waals surface area contributed by atoms with E-state index in [0.717, 1.165) is 0 Å². The number of hydrogen-bond acceptors (Lipinski definition) is 5. The molecule has 0 aliphatic carbocycles. The molecule has 70 valence electrons. The van der Waals surface area contributed by atoms with Crippen molar-refractivity contribution >= 4 is 5.97 Å².